The monoisotopic (exact) mass is 105 g/mol. The summed E-state index contributed by atoms with van der Waals surface area (Å²) in [4.78, 5) is 0. The molecule has 0 bridgehead atoms. The van der Waals surface area contributed by atoms with Gasteiger partial charge < -0.3 is 0 Å². The average Bonchev–Trinajstić information content (AvgIpc) is 1.76. The fourth-order valence-corrected chi connectivity index (χ4v) is 1.33. The minimum absolute atomic E-state index is 0. The van der Waals surface area contributed by atoms with E-state index in [0.717, 1.165) is 8.73 Å². The van der Waals surface area contributed by atoms with Crippen LogP contribution in [0.2, 0.25) is 0 Å². The Bertz CT molecular complexity index is 22.4. The molecule has 0 amide bonds. The Labute approximate surface area is 39.5 Å². The van der Waals surface area contributed by atoms with Crippen molar-refractivity contribution < 1.29 is 5.48 Å². The van der Waals surface area contributed by atoms with E-state index in [9.17, 15) is 0 Å². The molecule has 1 aliphatic rings. The van der Waals surface area contributed by atoms with Crippen molar-refractivity contribution in [2.75, 3.05) is 12.7 Å². The lowest BCUT2D eigenvalue weighted by Crippen LogP contribution is -1.90. The van der Waals surface area contributed by atoms with Crippen molar-refractivity contribution in [2.45, 2.75) is 6.42 Å². The van der Waals surface area contributed by atoms with Gasteiger partial charge in [0.15, 0.2) is 0 Å². The molecule has 0 aliphatic carbocycles. The van der Waals surface area contributed by atoms with E-state index in [0.29, 0.717) is 0 Å². The molecule has 0 aromatic carbocycles. The quantitative estimate of drug-likeness (QED) is 0.446. The second kappa shape index (κ2) is 3.54. The summed E-state index contributed by atoms with van der Waals surface area (Å²) in [6.07, 6.45) is 2.82. The third kappa shape index (κ3) is 1.71. The molecule has 1 unspecified atom stereocenters. The predicted octanol–water partition coefficient (Wildman–Crippen LogP) is 0.454. The van der Waals surface area contributed by atoms with Crippen LogP contribution < -0.4 is 5.09 Å². The van der Waals surface area contributed by atoms with Crippen LogP contribution in [0.4, 0.5) is 0 Å². The van der Waals surface area contributed by atoms with Crippen LogP contribution in [0.25, 0.3) is 0 Å². The molecule has 1 fully saturated rings. The number of hydrogen-bond acceptors (Lipinski definition) is 1. The number of nitrogens with one attached hydrogen (secondary N) is 1. The van der Waals surface area contributed by atoms with Crippen molar-refractivity contribution in [1.29, 1.82) is 0 Å². The van der Waals surface area contributed by atoms with E-state index in [1.54, 1.807) is 0 Å². The number of rotatable bonds is 0. The van der Waals surface area contributed by atoms with Crippen LogP contribution in [0.15, 0.2) is 0 Å². The Morgan fingerprint density at radius 3 is 2.50 bits per heavy atom. The highest BCUT2D eigenvalue weighted by molar-refractivity contribution is 7.35. The smallest absolute Gasteiger partial charge is 0 e. The zero-order valence-electron chi connectivity index (χ0n) is 3.53. The van der Waals surface area contributed by atoms with Crippen molar-refractivity contribution in [1.82, 2.24) is 5.09 Å². The van der Waals surface area contributed by atoms with Gasteiger partial charge in [-0.2, -0.15) is 0 Å². The lowest BCUT2D eigenvalue weighted by Gasteiger charge is -1.76. The first-order valence-corrected chi connectivity index (χ1v) is 3.16. The van der Waals surface area contributed by atoms with E-state index in [1.807, 2.05) is 0 Å². The summed E-state index contributed by atoms with van der Waals surface area (Å²) >= 11 is 0. The van der Waals surface area contributed by atoms with Gasteiger partial charge in [0.2, 0.25) is 0 Å². The maximum absolute atomic E-state index is 3.25. The molecular weight excluding hydrogens is 97.0 g/mol. The van der Waals surface area contributed by atoms with Crippen LogP contribution in [0.3, 0.4) is 0 Å². The standard InChI is InChI=1S/C3H8NP.O/c1-2-4-5-3-1;/h4-5H,1-3H2;. The van der Waals surface area contributed by atoms with Crippen molar-refractivity contribution in [3.8, 4) is 0 Å². The topological polar surface area (TPSA) is 40.5 Å². The fraction of sp³-hybridized carbons (Fsp3) is 1.00. The van der Waals surface area contributed by atoms with Crippen LogP contribution in [0.1, 0.15) is 6.42 Å². The van der Waals surface area contributed by atoms with E-state index >= 15 is 0 Å². The Kier molecular flexibility index (Phi) is 3.74. The van der Waals surface area contributed by atoms with Gasteiger partial charge in [-0.25, -0.2) is 0 Å². The van der Waals surface area contributed by atoms with Crippen molar-refractivity contribution >= 4 is 8.73 Å². The summed E-state index contributed by atoms with van der Waals surface area (Å²) in [5, 5.41) is 3.25. The van der Waals surface area contributed by atoms with Crippen LogP contribution in [0, 0.1) is 0 Å². The minimum atomic E-state index is 0. The molecular formula is C3H8NOP. The summed E-state index contributed by atoms with van der Waals surface area (Å²) in [5.41, 5.74) is 0. The van der Waals surface area contributed by atoms with Crippen molar-refractivity contribution in [3.63, 3.8) is 0 Å². The Morgan fingerprint density at radius 2 is 2.33 bits per heavy atom. The first-order chi connectivity index (χ1) is 2.50. The van der Waals surface area contributed by atoms with E-state index < -0.39 is 0 Å². The molecule has 1 saturated heterocycles. The average molecular weight is 105 g/mol. The molecule has 2 radical (unpaired) electrons. The molecule has 3 heteroatoms. The summed E-state index contributed by atoms with van der Waals surface area (Å²) in [6, 6.07) is 0. The third-order valence-corrected chi connectivity index (χ3v) is 1.83. The maximum Gasteiger partial charge on any atom is 0 e. The SMILES string of the molecule is C1CNPC1.[O]. The zero-order chi connectivity index (χ0) is 3.54. The Balaban J connectivity index is 0.000000250. The van der Waals surface area contributed by atoms with Crippen LogP contribution in [0.5, 0.6) is 0 Å². The van der Waals surface area contributed by atoms with E-state index in [4.69, 9.17) is 0 Å². The minimum Gasteiger partial charge on any atom is -0.298 e. The molecule has 1 atom stereocenters. The Morgan fingerprint density at radius 1 is 1.50 bits per heavy atom. The third-order valence-electron chi connectivity index (χ3n) is 0.729. The van der Waals surface area contributed by atoms with Crippen molar-refractivity contribution in [2.24, 2.45) is 0 Å². The van der Waals surface area contributed by atoms with Gasteiger partial charge in [-0.3, -0.25) is 5.09 Å². The van der Waals surface area contributed by atoms with Crippen LogP contribution in [-0.2, 0) is 5.48 Å². The van der Waals surface area contributed by atoms with Gasteiger partial charge in [-0.15, -0.1) is 0 Å². The highest BCUT2D eigenvalue weighted by atomic mass is 31.1. The largest absolute Gasteiger partial charge is 0.298 e. The molecule has 0 saturated carbocycles. The molecule has 36 valence electrons. The van der Waals surface area contributed by atoms with Gasteiger partial charge in [-0.05, 0) is 19.1 Å². The molecule has 1 rings (SSSR count). The first-order valence-electron chi connectivity index (χ1n) is 1.96. The van der Waals surface area contributed by atoms with Gasteiger partial charge >= 0.3 is 0 Å². The predicted molar refractivity (Wildman–Crippen MR) is 26.5 cm³/mol. The molecule has 1 N–H and O–H groups in total. The van der Waals surface area contributed by atoms with E-state index in [-0.39, 0.29) is 5.48 Å². The van der Waals surface area contributed by atoms with Gasteiger partial charge in [0.05, 0.1) is 0 Å². The first kappa shape index (κ1) is 6.35. The molecule has 1 heterocycles. The van der Waals surface area contributed by atoms with Gasteiger partial charge in [0.1, 0.15) is 0 Å². The summed E-state index contributed by atoms with van der Waals surface area (Å²) in [5.74, 6) is 0. The number of hydrogen-bond donors (Lipinski definition) is 1. The second-order valence-corrected chi connectivity index (χ2v) is 2.41. The lowest BCUT2D eigenvalue weighted by molar-refractivity contribution is 0.686. The van der Waals surface area contributed by atoms with Crippen LogP contribution in [-0.4, -0.2) is 12.7 Å². The zero-order valence-corrected chi connectivity index (χ0v) is 4.53. The van der Waals surface area contributed by atoms with Gasteiger partial charge in [0, 0.05) is 5.48 Å². The maximum atomic E-state index is 3.25. The highest BCUT2D eigenvalue weighted by Crippen LogP contribution is 2.10. The van der Waals surface area contributed by atoms with Crippen molar-refractivity contribution in [3.05, 3.63) is 0 Å². The van der Waals surface area contributed by atoms with E-state index in [1.165, 1.54) is 19.1 Å². The fourth-order valence-electron chi connectivity index (χ4n) is 0.442. The molecule has 2 nitrogen and oxygen atoms in total. The second-order valence-electron chi connectivity index (χ2n) is 1.21. The molecule has 6 heavy (non-hydrogen) atoms. The molecule has 0 aromatic heterocycles. The summed E-state index contributed by atoms with van der Waals surface area (Å²) in [7, 11) is 1.06. The lowest BCUT2D eigenvalue weighted by atomic mass is 10.5. The summed E-state index contributed by atoms with van der Waals surface area (Å²) in [6.45, 7) is 1.26. The summed E-state index contributed by atoms with van der Waals surface area (Å²) < 4.78 is 0. The van der Waals surface area contributed by atoms with Crippen LogP contribution >= 0.6 is 8.73 Å². The molecule has 0 aromatic rings. The Hall–Kier alpha value is 0.350. The van der Waals surface area contributed by atoms with Gasteiger partial charge in [-0.1, -0.05) is 8.73 Å². The van der Waals surface area contributed by atoms with E-state index in [2.05, 4.69) is 5.09 Å². The highest BCUT2D eigenvalue weighted by Gasteiger charge is 1.93. The molecule has 1 aliphatic heterocycles. The van der Waals surface area contributed by atoms with Gasteiger partial charge in [0.25, 0.3) is 0 Å². The normalized spacial score (nSPS) is 24.0. The molecule has 0 spiro atoms.